The van der Waals surface area contributed by atoms with Crippen LogP contribution in [0.5, 0.6) is 11.5 Å². The molecule has 0 N–H and O–H groups in total. The number of rotatable bonds is 11. The SMILES string of the molecule is COc1ccc([C@H](Cc2c(Cl)cncc2Cl)OC(=O)c2cccc(CN(C(=O)O[C@H]3CN4CCC3CC4)c3cccnc3)c2)cc1OC. The monoisotopic (exact) mass is 690 g/mol. The van der Waals surface area contributed by atoms with E-state index in [0.29, 0.717) is 55.4 Å². The van der Waals surface area contributed by atoms with E-state index in [1.807, 2.05) is 12.1 Å². The summed E-state index contributed by atoms with van der Waals surface area (Å²) in [5, 5.41) is 0.707. The molecule has 250 valence electrons. The molecule has 0 unspecified atom stereocenters. The number of halogens is 2. The molecule has 1 amide bonds. The number of pyridine rings is 2. The van der Waals surface area contributed by atoms with Gasteiger partial charge in [-0.3, -0.25) is 19.8 Å². The number of fused-ring (bicyclic) bond motifs is 3. The molecule has 3 aliphatic heterocycles. The minimum absolute atomic E-state index is 0.156. The summed E-state index contributed by atoms with van der Waals surface area (Å²) in [6.07, 6.45) is 7.10. The highest BCUT2D eigenvalue weighted by Gasteiger charge is 2.37. The van der Waals surface area contributed by atoms with Crippen molar-refractivity contribution in [2.45, 2.75) is 38.0 Å². The van der Waals surface area contributed by atoms with E-state index in [9.17, 15) is 9.59 Å². The third kappa shape index (κ3) is 7.67. The molecule has 12 heteroatoms. The van der Waals surface area contributed by atoms with Crippen LogP contribution in [-0.2, 0) is 22.4 Å². The number of esters is 1. The van der Waals surface area contributed by atoms with E-state index in [2.05, 4.69) is 14.9 Å². The van der Waals surface area contributed by atoms with Crippen molar-refractivity contribution >= 4 is 41.0 Å². The highest BCUT2D eigenvalue weighted by Crippen LogP contribution is 2.36. The van der Waals surface area contributed by atoms with Crippen LogP contribution in [0.2, 0.25) is 10.0 Å². The molecule has 2 aromatic carbocycles. The first-order valence-electron chi connectivity index (χ1n) is 15.7. The van der Waals surface area contributed by atoms with Gasteiger partial charge in [0.05, 0.1) is 48.3 Å². The van der Waals surface area contributed by atoms with E-state index in [-0.39, 0.29) is 19.1 Å². The summed E-state index contributed by atoms with van der Waals surface area (Å²) in [5.74, 6) is 0.804. The van der Waals surface area contributed by atoms with Crippen LogP contribution in [0.25, 0.3) is 0 Å². The Balaban J connectivity index is 1.24. The number of anilines is 1. The molecule has 7 rings (SSSR count). The van der Waals surface area contributed by atoms with Crippen LogP contribution < -0.4 is 14.4 Å². The fourth-order valence-electron chi connectivity index (χ4n) is 6.29. The van der Waals surface area contributed by atoms with Crippen LogP contribution in [-0.4, -0.2) is 66.9 Å². The molecule has 0 spiro atoms. The Morgan fingerprint density at radius 2 is 1.71 bits per heavy atom. The molecule has 3 aliphatic rings. The minimum Gasteiger partial charge on any atom is -0.493 e. The van der Waals surface area contributed by atoms with Gasteiger partial charge in [-0.1, -0.05) is 41.4 Å². The maximum atomic E-state index is 13.8. The third-order valence-corrected chi connectivity index (χ3v) is 9.55. The first kappa shape index (κ1) is 33.5. The summed E-state index contributed by atoms with van der Waals surface area (Å²) < 4.78 is 23.1. The van der Waals surface area contributed by atoms with Gasteiger partial charge in [0.15, 0.2) is 11.5 Å². The summed E-state index contributed by atoms with van der Waals surface area (Å²) in [6, 6.07) is 15.9. The molecular weight excluding hydrogens is 655 g/mol. The molecule has 3 saturated heterocycles. The van der Waals surface area contributed by atoms with E-state index in [4.69, 9.17) is 42.1 Å². The Morgan fingerprint density at radius 1 is 0.938 bits per heavy atom. The van der Waals surface area contributed by atoms with Crippen LogP contribution in [0.1, 0.15) is 46.0 Å². The standard InChI is InChI=1S/C36H36Cl2N4O6/c1-45-31-9-8-25(16-33(31)46-2)32(17-28-29(37)19-40-20-30(28)38)47-35(43)26-6-3-5-23(15-26)21-42(27-7-4-12-39-18-27)36(44)48-34-22-41-13-10-24(34)11-14-41/h3-9,12,15-16,18-20,24,32,34H,10-11,13-14,17,21-22H2,1-2H3/t32-,34-/m0/s1. The van der Waals surface area contributed by atoms with Crippen molar-refractivity contribution in [3.8, 4) is 11.5 Å². The van der Waals surface area contributed by atoms with Gasteiger partial charge >= 0.3 is 12.1 Å². The second kappa shape index (κ2) is 15.2. The van der Waals surface area contributed by atoms with E-state index < -0.39 is 18.2 Å². The zero-order valence-corrected chi connectivity index (χ0v) is 28.2. The van der Waals surface area contributed by atoms with Gasteiger partial charge in [-0.2, -0.15) is 0 Å². The van der Waals surface area contributed by atoms with Crippen molar-refractivity contribution in [2.24, 2.45) is 5.92 Å². The van der Waals surface area contributed by atoms with Crippen LogP contribution in [0.4, 0.5) is 10.5 Å². The van der Waals surface area contributed by atoms with E-state index >= 15 is 0 Å². The van der Waals surface area contributed by atoms with Crippen LogP contribution in [0.3, 0.4) is 0 Å². The Labute approximate surface area is 289 Å². The van der Waals surface area contributed by atoms with Crippen LogP contribution in [0, 0.1) is 5.92 Å². The zero-order valence-electron chi connectivity index (χ0n) is 26.7. The zero-order chi connectivity index (χ0) is 33.6. The summed E-state index contributed by atoms with van der Waals surface area (Å²) in [7, 11) is 3.08. The fraction of sp³-hybridized carbons (Fsp3) is 0.333. The number of nitrogens with zero attached hydrogens (tertiary/aromatic N) is 4. The molecule has 48 heavy (non-hydrogen) atoms. The van der Waals surface area contributed by atoms with Gasteiger partial charge in [0.25, 0.3) is 0 Å². The summed E-state index contributed by atoms with van der Waals surface area (Å²) in [5.41, 5.74) is 2.85. The number of hydrogen-bond acceptors (Lipinski definition) is 9. The molecule has 3 fully saturated rings. The Hall–Kier alpha value is -4.38. The average molecular weight is 692 g/mol. The van der Waals surface area contributed by atoms with E-state index in [1.165, 1.54) is 19.5 Å². The number of carbonyl (C=O) groups is 2. The van der Waals surface area contributed by atoms with Gasteiger partial charge < -0.3 is 18.9 Å². The van der Waals surface area contributed by atoms with Gasteiger partial charge in [-0.15, -0.1) is 0 Å². The first-order valence-corrected chi connectivity index (χ1v) is 16.5. The van der Waals surface area contributed by atoms with Crippen LogP contribution >= 0.6 is 23.2 Å². The number of aromatic nitrogens is 2. The quantitative estimate of drug-likeness (QED) is 0.151. The van der Waals surface area contributed by atoms with Gasteiger partial charge in [0.2, 0.25) is 0 Å². The highest BCUT2D eigenvalue weighted by molar-refractivity contribution is 6.35. The number of carbonyl (C=O) groups excluding carboxylic acids is 2. The molecule has 2 bridgehead atoms. The van der Waals surface area contributed by atoms with Gasteiger partial charge in [-0.05, 0) is 84.9 Å². The summed E-state index contributed by atoms with van der Waals surface area (Å²) in [4.78, 5) is 39.6. The van der Waals surface area contributed by atoms with E-state index in [0.717, 1.165) is 32.5 Å². The fourth-order valence-corrected chi connectivity index (χ4v) is 6.81. The highest BCUT2D eigenvalue weighted by atomic mass is 35.5. The number of ether oxygens (including phenoxy) is 4. The third-order valence-electron chi connectivity index (χ3n) is 8.90. The average Bonchev–Trinajstić information content (AvgIpc) is 3.12. The lowest BCUT2D eigenvalue weighted by atomic mass is 9.86. The Kier molecular flexibility index (Phi) is 10.6. The lowest BCUT2D eigenvalue weighted by Gasteiger charge is -2.44. The normalized spacial score (nSPS) is 18.9. The van der Waals surface area contributed by atoms with Crippen molar-refractivity contribution in [1.82, 2.24) is 14.9 Å². The van der Waals surface area contributed by atoms with Gasteiger partial charge in [-0.25, -0.2) is 9.59 Å². The second-order valence-electron chi connectivity index (χ2n) is 11.9. The van der Waals surface area contributed by atoms with E-state index in [1.54, 1.807) is 66.9 Å². The number of hydrogen-bond donors (Lipinski definition) is 0. The molecule has 2 atom stereocenters. The lowest BCUT2D eigenvalue weighted by molar-refractivity contribution is -0.0311. The summed E-state index contributed by atoms with van der Waals surface area (Å²) >= 11 is 12.9. The number of amides is 1. The molecule has 10 nitrogen and oxygen atoms in total. The smallest absolute Gasteiger partial charge is 0.414 e. The number of methoxy groups -OCH3 is 2. The Bertz CT molecular complexity index is 1730. The van der Waals surface area contributed by atoms with Crippen molar-refractivity contribution in [3.63, 3.8) is 0 Å². The molecule has 0 saturated carbocycles. The lowest BCUT2D eigenvalue weighted by Crippen LogP contribution is -2.53. The van der Waals surface area contributed by atoms with Gasteiger partial charge in [0, 0.05) is 31.6 Å². The largest absolute Gasteiger partial charge is 0.493 e. The number of piperidine rings is 3. The predicted molar refractivity (Wildman–Crippen MR) is 182 cm³/mol. The summed E-state index contributed by atoms with van der Waals surface area (Å²) in [6.45, 7) is 3.00. The predicted octanol–water partition coefficient (Wildman–Crippen LogP) is 7.18. The minimum atomic E-state index is -0.790. The molecule has 0 radical (unpaired) electrons. The molecule has 5 heterocycles. The maximum absolute atomic E-state index is 13.8. The maximum Gasteiger partial charge on any atom is 0.414 e. The van der Waals surface area contributed by atoms with Crippen molar-refractivity contribution in [3.05, 3.63) is 112 Å². The van der Waals surface area contributed by atoms with Crippen molar-refractivity contribution in [1.29, 1.82) is 0 Å². The second-order valence-corrected chi connectivity index (χ2v) is 12.7. The number of benzene rings is 2. The van der Waals surface area contributed by atoms with Crippen molar-refractivity contribution in [2.75, 3.05) is 38.8 Å². The molecular formula is C36H36Cl2N4O6. The van der Waals surface area contributed by atoms with Crippen LogP contribution in [0.15, 0.2) is 79.4 Å². The van der Waals surface area contributed by atoms with Gasteiger partial charge in [0.1, 0.15) is 12.2 Å². The topological polar surface area (TPSA) is 103 Å². The molecule has 0 aliphatic carbocycles. The molecule has 2 aromatic heterocycles. The van der Waals surface area contributed by atoms with Crippen molar-refractivity contribution < 1.29 is 28.5 Å². The molecule has 4 aromatic rings. The Morgan fingerprint density at radius 3 is 2.38 bits per heavy atom. The first-order chi connectivity index (χ1) is 23.3.